The van der Waals surface area contributed by atoms with Crippen molar-refractivity contribution in [2.75, 3.05) is 13.2 Å². The van der Waals surface area contributed by atoms with Gasteiger partial charge in [-0.15, -0.1) is 11.8 Å². The molecule has 1 amide bonds. The van der Waals surface area contributed by atoms with Gasteiger partial charge in [-0.2, -0.15) is 13.2 Å². The summed E-state index contributed by atoms with van der Waals surface area (Å²) in [5, 5.41) is 0.182. The van der Waals surface area contributed by atoms with Crippen LogP contribution < -0.4 is 0 Å². The SMILES string of the molecule is CCOC(=O)CN1C(=O)/C(=C/c2ccc(C(F)(F)F)cc2)SC2CCCCC21. The summed E-state index contributed by atoms with van der Waals surface area (Å²) in [6.45, 7) is 1.86. The molecule has 1 aliphatic carbocycles. The number of halogens is 3. The molecule has 0 radical (unpaired) electrons. The molecule has 1 saturated heterocycles. The predicted molar refractivity (Wildman–Crippen MR) is 101 cm³/mol. The molecule has 3 rings (SSSR count). The van der Waals surface area contributed by atoms with E-state index in [9.17, 15) is 22.8 Å². The van der Waals surface area contributed by atoms with Crippen LogP contribution >= 0.6 is 11.8 Å². The number of benzene rings is 1. The lowest BCUT2D eigenvalue weighted by Gasteiger charge is -2.43. The molecule has 2 atom stereocenters. The molecule has 152 valence electrons. The highest BCUT2D eigenvalue weighted by atomic mass is 32.2. The van der Waals surface area contributed by atoms with Crippen molar-refractivity contribution in [1.29, 1.82) is 0 Å². The molecule has 4 nitrogen and oxygen atoms in total. The number of thioether (sulfide) groups is 1. The van der Waals surface area contributed by atoms with Crippen LogP contribution in [0, 0.1) is 0 Å². The van der Waals surface area contributed by atoms with E-state index in [4.69, 9.17) is 4.74 Å². The number of esters is 1. The molecule has 2 fully saturated rings. The molecule has 1 aromatic rings. The number of fused-ring (bicyclic) bond motifs is 1. The maximum atomic E-state index is 13.0. The topological polar surface area (TPSA) is 46.6 Å². The summed E-state index contributed by atoms with van der Waals surface area (Å²) in [4.78, 5) is 27.0. The molecule has 0 N–H and O–H groups in total. The molecule has 2 unspecified atom stereocenters. The van der Waals surface area contributed by atoms with Crippen molar-refractivity contribution < 1.29 is 27.5 Å². The summed E-state index contributed by atoms with van der Waals surface area (Å²) in [5.74, 6) is -0.706. The molecule has 0 bridgehead atoms. The molecular weight excluding hydrogens is 391 g/mol. The summed E-state index contributed by atoms with van der Waals surface area (Å²) >= 11 is 1.47. The number of amides is 1. The van der Waals surface area contributed by atoms with E-state index < -0.39 is 17.7 Å². The number of alkyl halides is 3. The lowest BCUT2D eigenvalue weighted by atomic mass is 9.93. The van der Waals surface area contributed by atoms with Crippen LogP contribution in [0.3, 0.4) is 0 Å². The third-order valence-corrected chi connectivity index (χ3v) is 6.36. The molecule has 0 aromatic heterocycles. The van der Waals surface area contributed by atoms with E-state index >= 15 is 0 Å². The first-order chi connectivity index (χ1) is 13.3. The zero-order valence-corrected chi connectivity index (χ0v) is 16.3. The van der Waals surface area contributed by atoms with E-state index in [1.807, 2.05) is 0 Å². The van der Waals surface area contributed by atoms with Crippen molar-refractivity contribution in [2.45, 2.75) is 50.1 Å². The molecule has 1 aromatic carbocycles. The van der Waals surface area contributed by atoms with Gasteiger partial charge in [0.2, 0.25) is 0 Å². The fourth-order valence-electron chi connectivity index (χ4n) is 3.63. The molecule has 0 spiro atoms. The standard InChI is InChI=1S/C20H22F3NO3S/c1-2-27-18(25)12-24-15-5-3-4-6-16(15)28-17(19(24)26)11-13-7-9-14(10-8-13)20(21,22)23/h7-11,15-16H,2-6,12H2,1H3/b17-11-. The number of carbonyl (C=O) groups is 2. The zero-order chi connectivity index (χ0) is 20.3. The highest BCUT2D eigenvalue weighted by molar-refractivity contribution is 8.04. The molecular formula is C20H22F3NO3S. The van der Waals surface area contributed by atoms with Gasteiger partial charge in [-0.25, -0.2) is 0 Å². The van der Waals surface area contributed by atoms with Crippen LogP contribution in [0.4, 0.5) is 13.2 Å². The Morgan fingerprint density at radius 2 is 1.93 bits per heavy atom. The van der Waals surface area contributed by atoms with Crippen molar-refractivity contribution in [3.63, 3.8) is 0 Å². The van der Waals surface area contributed by atoms with Crippen LogP contribution in [0.15, 0.2) is 29.2 Å². The predicted octanol–water partition coefficient (Wildman–Crippen LogP) is 4.50. The lowest BCUT2D eigenvalue weighted by molar-refractivity contribution is -0.149. The summed E-state index contributed by atoms with van der Waals surface area (Å²) < 4.78 is 43.2. The monoisotopic (exact) mass is 413 g/mol. The molecule has 28 heavy (non-hydrogen) atoms. The van der Waals surface area contributed by atoms with E-state index in [1.165, 1.54) is 23.9 Å². The molecule has 2 aliphatic rings. The number of carbonyl (C=O) groups excluding carboxylic acids is 2. The van der Waals surface area contributed by atoms with E-state index in [2.05, 4.69) is 0 Å². The summed E-state index contributed by atoms with van der Waals surface area (Å²) in [6.07, 6.45) is 1.06. The summed E-state index contributed by atoms with van der Waals surface area (Å²) in [7, 11) is 0. The minimum atomic E-state index is -4.40. The average Bonchev–Trinajstić information content (AvgIpc) is 2.65. The van der Waals surface area contributed by atoms with Gasteiger partial charge in [-0.05, 0) is 43.5 Å². The van der Waals surface area contributed by atoms with E-state index in [-0.39, 0.29) is 30.4 Å². The Kier molecular flexibility index (Phi) is 6.37. The van der Waals surface area contributed by atoms with Gasteiger partial charge < -0.3 is 9.64 Å². The van der Waals surface area contributed by atoms with Crippen LogP contribution in [-0.2, 0) is 20.5 Å². The second-order valence-corrected chi connectivity index (χ2v) is 8.16. The number of hydrogen-bond donors (Lipinski definition) is 0. The normalized spacial score (nSPS) is 24.2. The van der Waals surface area contributed by atoms with Crippen molar-refractivity contribution >= 4 is 29.7 Å². The first kappa shape index (κ1) is 20.8. The Hall–Kier alpha value is -1.96. The van der Waals surface area contributed by atoms with Gasteiger partial charge in [0, 0.05) is 11.3 Å². The van der Waals surface area contributed by atoms with Gasteiger partial charge >= 0.3 is 12.1 Å². The summed E-state index contributed by atoms with van der Waals surface area (Å²) in [5.41, 5.74) is -0.206. The Labute approximate surface area is 166 Å². The number of ether oxygens (including phenoxy) is 1. The largest absolute Gasteiger partial charge is 0.465 e. The maximum Gasteiger partial charge on any atom is 0.416 e. The van der Waals surface area contributed by atoms with Crippen LogP contribution in [0.1, 0.15) is 43.7 Å². The second kappa shape index (κ2) is 8.59. The number of hydrogen-bond acceptors (Lipinski definition) is 4. The fourth-order valence-corrected chi connectivity index (χ4v) is 5.10. The maximum absolute atomic E-state index is 13.0. The molecule has 1 heterocycles. The fraction of sp³-hybridized carbons (Fsp3) is 0.500. The minimum absolute atomic E-state index is 0.0135. The lowest BCUT2D eigenvalue weighted by Crippen LogP contribution is -2.53. The van der Waals surface area contributed by atoms with Crippen LogP contribution in [-0.4, -0.2) is 41.2 Å². The van der Waals surface area contributed by atoms with Crippen LogP contribution in [0.5, 0.6) is 0 Å². The van der Waals surface area contributed by atoms with Crippen molar-refractivity contribution in [3.05, 3.63) is 40.3 Å². The third-order valence-electron chi connectivity index (χ3n) is 4.96. The van der Waals surface area contributed by atoms with Gasteiger partial charge in [0.25, 0.3) is 5.91 Å². The van der Waals surface area contributed by atoms with Gasteiger partial charge in [0.05, 0.1) is 17.1 Å². The van der Waals surface area contributed by atoms with Crippen molar-refractivity contribution in [2.24, 2.45) is 0 Å². The van der Waals surface area contributed by atoms with Gasteiger partial charge in [-0.1, -0.05) is 25.0 Å². The average molecular weight is 413 g/mol. The van der Waals surface area contributed by atoms with Crippen LogP contribution in [0.25, 0.3) is 6.08 Å². The quantitative estimate of drug-likeness (QED) is 0.539. The van der Waals surface area contributed by atoms with E-state index in [0.29, 0.717) is 10.5 Å². The molecule has 1 saturated carbocycles. The van der Waals surface area contributed by atoms with E-state index in [0.717, 1.165) is 37.8 Å². The second-order valence-electron chi connectivity index (χ2n) is 6.87. The van der Waals surface area contributed by atoms with Gasteiger partial charge in [0.15, 0.2) is 0 Å². The molecule has 1 aliphatic heterocycles. The Bertz CT molecular complexity index is 761. The van der Waals surface area contributed by atoms with Crippen molar-refractivity contribution in [1.82, 2.24) is 4.90 Å². The summed E-state index contributed by atoms with van der Waals surface area (Å²) in [6, 6.07) is 4.70. The highest BCUT2D eigenvalue weighted by Crippen LogP contribution is 2.42. The van der Waals surface area contributed by atoms with Crippen molar-refractivity contribution in [3.8, 4) is 0 Å². The zero-order valence-electron chi connectivity index (χ0n) is 15.5. The first-order valence-electron chi connectivity index (χ1n) is 9.32. The Balaban J connectivity index is 1.84. The number of nitrogens with zero attached hydrogens (tertiary/aromatic N) is 1. The van der Waals surface area contributed by atoms with Gasteiger partial charge in [0.1, 0.15) is 6.54 Å². The smallest absolute Gasteiger partial charge is 0.416 e. The minimum Gasteiger partial charge on any atom is -0.465 e. The Morgan fingerprint density at radius 1 is 1.25 bits per heavy atom. The third kappa shape index (κ3) is 4.71. The van der Waals surface area contributed by atoms with E-state index in [1.54, 1.807) is 17.9 Å². The highest BCUT2D eigenvalue weighted by Gasteiger charge is 2.41. The molecule has 8 heteroatoms. The Morgan fingerprint density at radius 3 is 2.57 bits per heavy atom. The first-order valence-corrected chi connectivity index (χ1v) is 10.2. The van der Waals surface area contributed by atoms with Gasteiger partial charge in [-0.3, -0.25) is 9.59 Å². The van der Waals surface area contributed by atoms with Crippen LogP contribution in [0.2, 0.25) is 0 Å². The number of rotatable bonds is 4.